The highest BCUT2D eigenvalue weighted by Gasteiger charge is 2.36. The number of halogens is 3. The van der Waals surface area contributed by atoms with Gasteiger partial charge < -0.3 is 20.1 Å². The molecule has 154 valence electrons. The summed E-state index contributed by atoms with van der Waals surface area (Å²) in [5.74, 6) is 0.973. The minimum absolute atomic E-state index is 0.0503. The third-order valence-electron chi connectivity index (χ3n) is 3.51. The molecule has 2 N–H and O–H groups in total. The van der Waals surface area contributed by atoms with E-state index in [4.69, 9.17) is 11.2 Å². The quantitative estimate of drug-likeness (QED) is 0.440. The molecule has 1 aliphatic rings. The first-order valence-corrected chi connectivity index (χ1v) is 8.20. The Morgan fingerprint density at radius 1 is 1.41 bits per heavy atom. The molecule has 1 heterocycles. The van der Waals surface area contributed by atoms with Gasteiger partial charge in [0, 0.05) is 5.69 Å². The number of benzene rings is 1. The molecular weight excluding hydrogens is 395 g/mol. The van der Waals surface area contributed by atoms with E-state index in [0.29, 0.717) is 5.75 Å². The molecule has 3 amide bonds. The van der Waals surface area contributed by atoms with Crippen molar-refractivity contribution in [1.29, 1.82) is 0 Å². The number of nitrogens with zero attached hydrogens (tertiary/aromatic N) is 1. The van der Waals surface area contributed by atoms with Crippen molar-refractivity contribution in [3.63, 3.8) is 0 Å². The number of carbonyl (C=O) groups excluding carboxylic acids is 3. The first-order chi connectivity index (χ1) is 13.7. The molecule has 0 aromatic heterocycles. The summed E-state index contributed by atoms with van der Waals surface area (Å²) in [7, 11) is 0. The lowest BCUT2D eigenvalue weighted by Gasteiger charge is -2.28. The predicted molar refractivity (Wildman–Crippen MR) is 96.0 cm³/mol. The minimum atomic E-state index is -5.00. The number of fused-ring (bicyclic) bond motifs is 1. The van der Waals surface area contributed by atoms with E-state index in [0.717, 1.165) is 0 Å². The molecule has 0 fully saturated rings. The number of amides is 3. The molecule has 29 heavy (non-hydrogen) atoms. The van der Waals surface area contributed by atoms with Crippen molar-refractivity contribution < 1.29 is 37.0 Å². The van der Waals surface area contributed by atoms with Gasteiger partial charge in [-0.3, -0.25) is 9.69 Å². The van der Waals surface area contributed by atoms with Crippen LogP contribution in [0.5, 0.6) is 5.75 Å². The largest absolute Gasteiger partial charge is 0.482 e. The Balaban J connectivity index is 2.19. The van der Waals surface area contributed by atoms with Crippen LogP contribution in [0.1, 0.15) is 6.92 Å². The van der Waals surface area contributed by atoms with E-state index in [9.17, 15) is 27.6 Å². The first-order valence-electron chi connectivity index (χ1n) is 8.20. The van der Waals surface area contributed by atoms with Crippen LogP contribution in [0.15, 0.2) is 30.0 Å². The second-order valence-corrected chi connectivity index (χ2v) is 5.54. The molecule has 0 aliphatic carbocycles. The standard InChI is InChI=1S/C18H16F3N3O5/c1-3-7-24-12-8-11(5-6-13(12)29-10-15(24)25)22-17(27)23-14(18(19,20)21)9-16(26)28-4-2/h1,5-6,8-9H,4,7,10H2,2H3,(H2,22,23,27)/b14-9+. The van der Waals surface area contributed by atoms with Crippen molar-refractivity contribution in [3.05, 3.63) is 30.0 Å². The molecule has 0 saturated heterocycles. The van der Waals surface area contributed by atoms with E-state index in [2.05, 4.69) is 16.0 Å². The van der Waals surface area contributed by atoms with Gasteiger partial charge in [-0.15, -0.1) is 6.42 Å². The van der Waals surface area contributed by atoms with Crippen LogP contribution in [0, 0.1) is 12.3 Å². The summed E-state index contributed by atoms with van der Waals surface area (Å²) < 4.78 is 48.7. The van der Waals surface area contributed by atoms with Gasteiger partial charge in [-0.1, -0.05) is 5.92 Å². The lowest BCUT2D eigenvalue weighted by molar-refractivity contribution is -0.138. The van der Waals surface area contributed by atoms with Gasteiger partial charge in [0.1, 0.15) is 11.4 Å². The van der Waals surface area contributed by atoms with Gasteiger partial charge in [0.25, 0.3) is 5.91 Å². The molecule has 8 nitrogen and oxygen atoms in total. The Bertz CT molecular complexity index is 890. The number of esters is 1. The van der Waals surface area contributed by atoms with Gasteiger partial charge in [0.2, 0.25) is 0 Å². The van der Waals surface area contributed by atoms with Gasteiger partial charge in [0.05, 0.1) is 24.9 Å². The number of rotatable bonds is 5. The summed E-state index contributed by atoms with van der Waals surface area (Å²) in [4.78, 5) is 36.4. The molecule has 0 radical (unpaired) electrons. The summed E-state index contributed by atoms with van der Waals surface area (Å²) in [6.07, 6.45) is 0.379. The molecule has 0 saturated carbocycles. The van der Waals surface area contributed by atoms with Crippen molar-refractivity contribution in [2.75, 3.05) is 30.0 Å². The fourth-order valence-electron chi connectivity index (χ4n) is 2.32. The number of carbonyl (C=O) groups is 3. The summed E-state index contributed by atoms with van der Waals surface area (Å²) in [6, 6.07) is 2.86. The van der Waals surface area contributed by atoms with Crippen molar-refractivity contribution in [3.8, 4) is 18.1 Å². The monoisotopic (exact) mass is 411 g/mol. The molecule has 2 rings (SSSR count). The number of nitrogens with one attached hydrogen (secondary N) is 2. The molecule has 0 unspecified atom stereocenters. The number of ether oxygens (including phenoxy) is 2. The first kappa shape index (κ1) is 21.6. The van der Waals surface area contributed by atoms with E-state index in [1.54, 1.807) is 5.32 Å². The molecule has 11 heteroatoms. The third-order valence-corrected chi connectivity index (χ3v) is 3.51. The highest BCUT2D eigenvalue weighted by Crippen LogP contribution is 2.34. The smallest absolute Gasteiger partial charge is 0.431 e. The topological polar surface area (TPSA) is 97.0 Å². The van der Waals surface area contributed by atoms with E-state index >= 15 is 0 Å². The number of hydrogen-bond acceptors (Lipinski definition) is 5. The number of terminal acetylenes is 1. The summed E-state index contributed by atoms with van der Waals surface area (Å²) in [6.45, 7) is 1.03. The zero-order valence-corrected chi connectivity index (χ0v) is 15.1. The second kappa shape index (κ2) is 9.01. The van der Waals surface area contributed by atoms with Crippen LogP contribution < -0.4 is 20.3 Å². The maximum atomic E-state index is 13.0. The van der Waals surface area contributed by atoms with Crippen LogP contribution in [0.2, 0.25) is 0 Å². The molecular formula is C18H16F3N3O5. The molecule has 1 aliphatic heterocycles. The van der Waals surface area contributed by atoms with Crippen LogP contribution in [-0.2, 0) is 14.3 Å². The maximum absolute atomic E-state index is 13.0. The maximum Gasteiger partial charge on any atom is 0.431 e. The SMILES string of the molecule is C#CCN1C(=O)COc2ccc(NC(=O)N/C(=C/C(=O)OCC)C(F)(F)F)cc21. The molecule has 1 aromatic rings. The van der Waals surface area contributed by atoms with Crippen molar-refractivity contribution in [2.45, 2.75) is 13.1 Å². The van der Waals surface area contributed by atoms with E-state index < -0.39 is 29.8 Å². The molecule has 0 atom stereocenters. The highest BCUT2D eigenvalue weighted by molar-refractivity contribution is 6.00. The number of urea groups is 1. The Morgan fingerprint density at radius 3 is 2.76 bits per heavy atom. The summed E-state index contributed by atoms with van der Waals surface area (Å²) in [5, 5.41) is 3.75. The van der Waals surface area contributed by atoms with E-state index in [1.165, 1.54) is 30.0 Å². The Morgan fingerprint density at radius 2 is 2.14 bits per heavy atom. The zero-order valence-electron chi connectivity index (χ0n) is 15.1. The van der Waals surface area contributed by atoms with Crippen molar-refractivity contribution >= 4 is 29.3 Å². The summed E-state index contributed by atoms with van der Waals surface area (Å²) in [5.41, 5.74) is -1.27. The fourth-order valence-corrected chi connectivity index (χ4v) is 2.32. The van der Waals surface area contributed by atoms with Crippen LogP contribution in [0.4, 0.5) is 29.3 Å². The highest BCUT2D eigenvalue weighted by atomic mass is 19.4. The lowest BCUT2D eigenvalue weighted by atomic mass is 10.2. The van der Waals surface area contributed by atoms with Crippen molar-refractivity contribution in [1.82, 2.24) is 5.32 Å². The van der Waals surface area contributed by atoms with Crippen LogP contribution >= 0.6 is 0 Å². The number of alkyl halides is 3. The zero-order chi connectivity index (χ0) is 21.6. The number of anilines is 2. The van der Waals surface area contributed by atoms with Crippen LogP contribution in [0.3, 0.4) is 0 Å². The Hall–Kier alpha value is -3.68. The Labute approximate surface area is 163 Å². The molecule has 1 aromatic carbocycles. The minimum Gasteiger partial charge on any atom is -0.482 e. The number of allylic oxidation sites excluding steroid dienone is 1. The average molecular weight is 411 g/mol. The lowest BCUT2D eigenvalue weighted by Crippen LogP contribution is -2.39. The number of hydrogen-bond donors (Lipinski definition) is 2. The average Bonchev–Trinajstić information content (AvgIpc) is 2.63. The third kappa shape index (κ3) is 5.65. The van der Waals surface area contributed by atoms with Gasteiger partial charge in [-0.25, -0.2) is 9.59 Å². The van der Waals surface area contributed by atoms with Crippen LogP contribution in [-0.4, -0.2) is 43.8 Å². The Kier molecular flexibility index (Phi) is 6.71. The van der Waals surface area contributed by atoms with Gasteiger partial charge in [-0.05, 0) is 25.1 Å². The van der Waals surface area contributed by atoms with Gasteiger partial charge in [-0.2, -0.15) is 13.2 Å². The van der Waals surface area contributed by atoms with E-state index in [1.807, 2.05) is 0 Å². The van der Waals surface area contributed by atoms with Crippen LogP contribution in [0.25, 0.3) is 0 Å². The van der Waals surface area contributed by atoms with E-state index in [-0.39, 0.29) is 37.2 Å². The molecule has 0 bridgehead atoms. The van der Waals surface area contributed by atoms with Gasteiger partial charge >= 0.3 is 18.2 Å². The predicted octanol–water partition coefficient (Wildman–Crippen LogP) is 2.18. The summed E-state index contributed by atoms with van der Waals surface area (Å²) >= 11 is 0. The fraction of sp³-hybridized carbons (Fsp3) is 0.278. The van der Waals surface area contributed by atoms with Gasteiger partial charge in [0.15, 0.2) is 6.61 Å². The van der Waals surface area contributed by atoms with Crippen molar-refractivity contribution in [2.24, 2.45) is 0 Å². The molecule has 0 spiro atoms. The normalized spacial score (nSPS) is 13.7. The second-order valence-electron chi connectivity index (χ2n) is 5.54.